The highest BCUT2D eigenvalue weighted by molar-refractivity contribution is 5.89. The molecule has 5 saturated carbocycles. The monoisotopic (exact) mass is 568 g/mol. The minimum absolute atomic E-state index is 0.0208. The van der Waals surface area contributed by atoms with Gasteiger partial charge in [0, 0.05) is 30.1 Å². The predicted molar refractivity (Wildman–Crippen MR) is 154 cm³/mol. The first kappa shape index (κ1) is 28.3. The van der Waals surface area contributed by atoms with Crippen molar-refractivity contribution < 1.29 is 28.6 Å². The molecule has 0 aromatic rings. The summed E-state index contributed by atoms with van der Waals surface area (Å²) in [5, 5.41) is 0. The first-order valence-electron chi connectivity index (χ1n) is 16.6. The molecule has 0 N–H and O–H groups in total. The Morgan fingerprint density at radius 2 is 1.68 bits per heavy atom. The van der Waals surface area contributed by atoms with Crippen LogP contribution in [0.1, 0.15) is 120 Å². The molecule has 2 saturated heterocycles. The number of ketones is 1. The third kappa shape index (κ3) is 3.49. The second kappa shape index (κ2) is 8.39. The van der Waals surface area contributed by atoms with Gasteiger partial charge in [0.2, 0.25) is 0 Å². The average molecular weight is 569 g/mol. The lowest BCUT2D eigenvalue weighted by Crippen LogP contribution is -2.65. The van der Waals surface area contributed by atoms with Crippen LogP contribution in [0.25, 0.3) is 0 Å². The molecule has 7 aliphatic rings. The summed E-state index contributed by atoms with van der Waals surface area (Å²) < 4.78 is 17.9. The second-order valence-corrected chi connectivity index (χ2v) is 17.4. The van der Waals surface area contributed by atoms with Gasteiger partial charge in [-0.05, 0) is 98.7 Å². The molecule has 7 fully saturated rings. The number of cyclic esters (lactones) is 1. The molecule has 2 heterocycles. The zero-order chi connectivity index (χ0) is 29.5. The van der Waals surface area contributed by atoms with Crippen molar-refractivity contribution in [3.63, 3.8) is 0 Å². The third-order valence-electron chi connectivity index (χ3n) is 14.6. The van der Waals surface area contributed by atoms with Crippen LogP contribution in [0.3, 0.4) is 0 Å². The van der Waals surface area contributed by atoms with Crippen LogP contribution in [0, 0.1) is 56.7 Å². The number of Topliss-reactive ketones (excluding diaryl/α,β-unsaturated/α-hetero) is 1. The third-order valence-corrected chi connectivity index (χ3v) is 14.6. The lowest BCUT2D eigenvalue weighted by Gasteiger charge is -2.66. The molecule has 5 aliphatic carbocycles. The van der Waals surface area contributed by atoms with Crippen LogP contribution in [0.5, 0.6) is 0 Å². The van der Waals surface area contributed by atoms with Gasteiger partial charge in [-0.15, -0.1) is 0 Å². The minimum atomic E-state index is -0.341. The van der Waals surface area contributed by atoms with E-state index in [1.165, 1.54) is 0 Å². The van der Waals surface area contributed by atoms with Gasteiger partial charge in [0.15, 0.2) is 0 Å². The maximum atomic E-state index is 14.6. The number of ether oxygens (including phenoxy) is 3. The van der Waals surface area contributed by atoms with Gasteiger partial charge in [-0.3, -0.25) is 14.4 Å². The molecule has 0 aromatic heterocycles. The molecule has 0 radical (unpaired) electrons. The number of hydrogen-bond donors (Lipinski definition) is 0. The van der Waals surface area contributed by atoms with Gasteiger partial charge in [-0.25, -0.2) is 0 Å². The molecule has 11 atom stereocenters. The standard InChI is InChI=1S/C35H52O6/c1-19(2)15-27(37)40-26-11-12-32(7)23-10-13-34-18-35(34,33(23,8)25(36)17-24(32)30(26,3)4)14-9-21(34)20-16-22(39-29(20)38)28-31(5,6)41-28/h19-24,26,28H,9-18H2,1-8H3/t20-,21-,22+,23+,24-,26-,28-,32+,33-,34+,35+/m0/s1. The fraction of sp³-hybridized carbons (Fsp3) is 0.914. The summed E-state index contributed by atoms with van der Waals surface area (Å²) in [6.45, 7) is 17.6. The van der Waals surface area contributed by atoms with E-state index in [1.54, 1.807) is 0 Å². The molecule has 0 unspecified atom stereocenters. The number of carbonyl (C=O) groups excluding carboxylic acids is 3. The van der Waals surface area contributed by atoms with Crippen LogP contribution in [-0.4, -0.2) is 41.6 Å². The summed E-state index contributed by atoms with van der Waals surface area (Å²) in [6.07, 6.45) is 8.84. The Labute approximate surface area is 246 Å². The highest BCUT2D eigenvalue weighted by Gasteiger charge is 2.86. The van der Waals surface area contributed by atoms with Gasteiger partial charge in [-0.1, -0.05) is 41.5 Å². The summed E-state index contributed by atoms with van der Waals surface area (Å²) in [6, 6.07) is 0. The highest BCUT2D eigenvalue weighted by atomic mass is 16.6. The topological polar surface area (TPSA) is 82.2 Å². The van der Waals surface area contributed by atoms with E-state index in [4.69, 9.17) is 14.2 Å². The van der Waals surface area contributed by atoms with Crippen molar-refractivity contribution in [1.82, 2.24) is 0 Å². The molecule has 228 valence electrons. The van der Waals surface area contributed by atoms with Crippen LogP contribution < -0.4 is 0 Å². The predicted octanol–water partition coefficient (Wildman–Crippen LogP) is 6.67. The molecule has 6 heteroatoms. The van der Waals surface area contributed by atoms with Crippen molar-refractivity contribution >= 4 is 17.7 Å². The van der Waals surface area contributed by atoms with Crippen molar-refractivity contribution in [3.8, 4) is 0 Å². The van der Waals surface area contributed by atoms with E-state index in [1.807, 2.05) is 0 Å². The lowest BCUT2D eigenvalue weighted by molar-refractivity contribution is -0.209. The fourth-order valence-electron chi connectivity index (χ4n) is 12.6. The largest absolute Gasteiger partial charge is 0.462 e. The zero-order valence-electron chi connectivity index (χ0n) is 26.6. The quantitative estimate of drug-likeness (QED) is 0.272. The number of hydrogen-bond acceptors (Lipinski definition) is 6. The van der Waals surface area contributed by atoms with Crippen LogP contribution >= 0.6 is 0 Å². The minimum Gasteiger partial charge on any atom is -0.462 e. The Balaban J connectivity index is 1.14. The molecule has 0 amide bonds. The summed E-state index contributed by atoms with van der Waals surface area (Å²) in [5.74, 6) is 1.41. The normalized spacial score (nSPS) is 52.2. The molecule has 0 spiro atoms. The van der Waals surface area contributed by atoms with Crippen LogP contribution in [0.15, 0.2) is 0 Å². The number of epoxide rings is 1. The van der Waals surface area contributed by atoms with Gasteiger partial charge in [0.1, 0.15) is 24.1 Å². The molecule has 0 bridgehead atoms. The first-order chi connectivity index (χ1) is 19.0. The maximum absolute atomic E-state index is 14.6. The Bertz CT molecular complexity index is 1190. The van der Waals surface area contributed by atoms with Crippen molar-refractivity contribution in [1.29, 1.82) is 0 Å². The van der Waals surface area contributed by atoms with E-state index in [0.29, 0.717) is 30.5 Å². The van der Waals surface area contributed by atoms with E-state index in [0.717, 1.165) is 51.4 Å². The Morgan fingerprint density at radius 1 is 0.976 bits per heavy atom. The summed E-state index contributed by atoms with van der Waals surface area (Å²) in [7, 11) is 0. The Morgan fingerprint density at radius 3 is 2.34 bits per heavy atom. The Kier molecular flexibility index (Phi) is 5.80. The molecular formula is C35H52O6. The van der Waals surface area contributed by atoms with E-state index in [9.17, 15) is 14.4 Å². The summed E-state index contributed by atoms with van der Waals surface area (Å²) in [4.78, 5) is 40.5. The smallest absolute Gasteiger partial charge is 0.309 e. The molecule has 2 aliphatic heterocycles. The molecule has 6 nitrogen and oxygen atoms in total. The van der Waals surface area contributed by atoms with Crippen LogP contribution in [-0.2, 0) is 28.6 Å². The molecule has 7 rings (SSSR count). The molecule has 41 heavy (non-hydrogen) atoms. The Hall–Kier alpha value is -1.43. The van der Waals surface area contributed by atoms with E-state index < -0.39 is 0 Å². The van der Waals surface area contributed by atoms with Crippen molar-refractivity contribution in [2.75, 3.05) is 0 Å². The summed E-state index contributed by atoms with van der Waals surface area (Å²) in [5.41, 5.74) is -0.604. The van der Waals surface area contributed by atoms with Crippen LogP contribution in [0.4, 0.5) is 0 Å². The van der Waals surface area contributed by atoms with Crippen molar-refractivity contribution in [2.24, 2.45) is 56.7 Å². The number of carbonyl (C=O) groups is 3. The summed E-state index contributed by atoms with van der Waals surface area (Å²) >= 11 is 0. The molecule has 0 aromatic carbocycles. The van der Waals surface area contributed by atoms with Gasteiger partial charge in [0.25, 0.3) is 0 Å². The highest BCUT2D eigenvalue weighted by Crippen LogP contribution is 2.90. The van der Waals surface area contributed by atoms with Gasteiger partial charge >= 0.3 is 11.9 Å². The fourth-order valence-corrected chi connectivity index (χ4v) is 12.6. The van der Waals surface area contributed by atoms with Gasteiger partial charge in [0.05, 0.1) is 11.5 Å². The lowest BCUT2D eigenvalue weighted by atomic mass is 9.37. The average Bonchev–Trinajstić information content (AvgIpc) is 3.62. The van der Waals surface area contributed by atoms with Crippen LogP contribution in [0.2, 0.25) is 0 Å². The van der Waals surface area contributed by atoms with Crippen molar-refractivity contribution in [3.05, 3.63) is 0 Å². The molecular weight excluding hydrogens is 516 g/mol. The van der Waals surface area contributed by atoms with E-state index >= 15 is 0 Å². The second-order valence-electron chi connectivity index (χ2n) is 17.4. The van der Waals surface area contributed by atoms with E-state index in [2.05, 4.69) is 55.4 Å². The van der Waals surface area contributed by atoms with Gasteiger partial charge in [-0.2, -0.15) is 0 Å². The first-order valence-corrected chi connectivity index (χ1v) is 16.6. The van der Waals surface area contributed by atoms with Crippen molar-refractivity contribution in [2.45, 2.75) is 144 Å². The number of rotatable bonds is 5. The number of fused-ring (bicyclic) bond motifs is 3. The number of esters is 2. The maximum Gasteiger partial charge on any atom is 0.309 e. The van der Waals surface area contributed by atoms with E-state index in [-0.39, 0.29) is 80.7 Å². The SMILES string of the molecule is CC(C)CC(=O)O[C@H]1CC[C@]2(C)[C@H]3CC[C@]45C[C@]4(CC[C@H]5[C@@H]4C[C@H]([C@@H]5OC5(C)C)OC4=O)[C@]3(C)C(=O)C[C@H]2C1(C)C. The van der Waals surface area contributed by atoms with Gasteiger partial charge < -0.3 is 14.2 Å². The zero-order valence-corrected chi connectivity index (χ0v) is 26.6.